The summed E-state index contributed by atoms with van der Waals surface area (Å²) in [5, 5.41) is 42.6. The number of hydrogen-bond acceptors (Lipinski definition) is 6. The summed E-state index contributed by atoms with van der Waals surface area (Å²) in [5.41, 5.74) is -7.82. The van der Waals surface area contributed by atoms with E-state index in [1.807, 2.05) is 0 Å². The maximum Gasteiger partial charge on any atom is 0.425 e. The third-order valence-electron chi connectivity index (χ3n) is 6.70. The fourth-order valence-corrected chi connectivity index (χ4v) is 2.31. The molecule has 2 aromatic rings. The Kier molecular flexibility index (Phi) is 34.1. The van der Waals surface area contributed by atoms with Gasteiger partial charge < -0.3 is 25.5 Å². The van der Waals surface area contributed by atoms with Crippen molar-refractivity contribution in [2.75, 3.05) is 0 Å². The van der Waals surface area contributed by atoms with Crippen molar-refractivity contribution in [3.63, 3.8) is 0 Å². The van der Waals surface area contributed by atoms with E-state index in [2.05, 4.69) is 28.6 Å². The van der Waals surface area contributed by atoms with Gasteiger partial charge in [0, 0.05) is 8.38 Å². The molecule has 3 unspecified atom stereocenters. The molecule has 6 nitrogen and oxygen atoms in total. The van der Waals surface area contributed by atoms with Gasteiger partial charge in [-0.05, 0) is 66.5 Å². The molecule has 0 aliphatic heterocycles. The molecule has 0 aliphatic carbocycles. The molecule has 31 heteroatoms. The smallest absolute Gasteiger partial charge is 0.384 e. The van der Waals surface area contributed by atoms with E-state index in [0.29, 0.717) is 26.3 Å². The van der Waals surface area contributed by atoms with Crippen LogP contribution in [0.5, 0.6) is 0 Å². The van der Waals surface area contributed by atoms with Crippen LogP contribution in [0, 0.1) is 6.92 Å². The number of benzene rings is 2. The Hall–Kier alpha value is -2.61. The van der Waals surface area contributed by atoms with Crippen molar-refractivity contribution < 1.29 is 120 Å². The average Bonchev–Trinajstić information content (AvgIpc) is 3.08. The number of rotatable bonds is 3. The summed E-state index contributed by atoms with van der Waals surface area (Å²) in [6.07, 6.45) is -30.3. The Balaban J connectivity index is -0.000000101. The molecular weight excluding hydrogens is 1040 g/mol. The third kappa shape index (κ3) is 28.8. The van der Waals surface area contributed by atoms with Crippen molar-refractivity contribution in [3.05, 3.63) is 77.4 Å². The quantitative estimate of drug-likeness (QED) is 0.0791. The zero-order chi connectivity index (χ0) is 52.8. The van der Waals surface area contributed by atoms with Crippen molar-refractivity contribution in [1.29, 1.82) is 1.34 Å². The number of halogens is 22. The normalized spacial score (nSPS) is 14.5. The Morgan fingerprint density at radius 1 is 0.619 bits per heavy atom. The van der Waals surface area contributed by atoms with Crippen molar-refractivity contribution in [1.82, 2.24) is 5.44 Å². The van der Waals surface area contributed by atoms with Crippen LogP contribution >= 0.6 is 22.4 Å². The van der Waals surface area contributed by atoms with Crippen molar-refractivity contribution >= 4 is 50.5 Å². The first kappa shape index (κ1) is 72.0. The largest absolute Gasteiger partial charge is 0.425 e. The predicted molar refractivity (Wildman–Crippen MR) is 204 cm³/mol. The first-order valence-electron chi connectivity index (χ1n) is 16.2. The molecule has 368 valence electrons. The SMILES string of the molecule is C=Cc1ccc(C(C)(O)C(F)(F)F)cc1.CC(C)(O)C(F)(F)F.CC(O)(C(F)(F)F)C(F)(F)F.CC(O)C(F)(F)F.Cc1ccc(C(C)(O)C(F)(F)F)cc1.F.F.[3H]N([B])F.[3H][B].[B]I. The molecular formula is C32H42B3F21INO5. The Bertz CT molecular complexity index is 1470. The molecule has 0 fully saturated rings. The summed E-state index contributed by atoms with van der Waals surface area (Å²) in [7, 11) is 7.69. The van der Waals surface area contributed by atoms with Crippen LogP contribution in [-0.4, -0.2) is 103 Å². The van der Waals surface area contributed by atoms with E-state index in [0.717, 1.165) is 19.4 Å². The van der Waals surface area contributed by atoms with E-state index >= 15 is 0 Å². The van der Waals surface area contributed by atoms with E-state index < -0.39 is 71.0 Å². The summed E-state index contributed by atoms with van der Waals surface area (Å²) in [4.78, 5) is 0. The highest BCUT2D eigenvalue weighted by molar-refractivity contribution is 14.1. The number of aliphatic hydroxyl groups is 5. The van der Waals surface area contributed by atoms with Crippen LogP contribution in [0.25, 0.3) is 6.08 Å². The van der Waals surface area contributed by atoms with E-state index in [9.17, 15) is 93.7 Å². The highest BCUT2D eigenvalue weighted by Crippen LogP contribution is 2.42. The van der Waals surface area contributed by atoms with Crippen LogP contribution in [0.4, 0.5) is 92.9 Å². The Morgan fingerprint density at radius 2 is 0.825 bits per heavy atom. The molecule has 0 heterocycles. The molecule has 0 bridgehead atoms. The maximum absolute atomic E-state index is 12.4. The number of aliphatic hydroxyl groups excluding tert-OH is 1. The standard InChI is InChI=1S/C11H11F3O.C10H11F3O.C4H4F6O.C4H7F3O.C3H5F3O.BFHN.BI.BH.2FH/c1-3-8-4-6-9(7-5-8)10(2,15)11(12,13)14;1-7-3-5-8(6-4-7)9(2,14)10(11,12)13;1-2(11,3(5,6)7)4(8,9)10;1-3(2,8)4(5,6)7;1-2(7)3(4,5)6;1-3-2;1-2;;;/h3-7,15H,1H2,2H3;3-6,14H,1-2H3;11H,1H3;8H,1-2H3;2,7H,1H3;3H;;3*1H/i;;;;;3T;;1T;;. The Labute approximate surface area is 368 Å². The van der Waals surface area contributed by atoms with Gasteiger partial charge in [-0.1, -0.05) is 66.7 Å². The van der Waals surface area contributed by atoms with Gasteiger partial charge in [0.1, 0.15) is 7.52 Å². The molecule has 6 radical (unpaired) electrons. The maximum atomic E-state index is 12.4. The van der Waals surface area contributed by atoms with Gasteiger partial charge in [0.25, 0.3) is 5.60 Å². The van der Waals surface area contributed by atoms with Crippen molar-refractivity contribution in [2.45, 2.75) is 114 Å². The minimum absolute atomic E-state index is 0. The monoisotopic (exact) mass is 1080 g/mol. The van der Waals surface area contributed by atoms with Gasteiger partial charge in [-0.2, -0.15) is 106 Å². The molecule has 63 heavy (non-hydrogen) atoms. The molecule has 6 N–H and O–H groups in total. The molecule has 0 aromatic heterocycles. The summed E-state index contributed by atoms with van der Waals surface area (Å²) < 4.78 is 230. The molecule has 0 spiro atoms. The molecule has 0 saturated heterocycles. The van der Waals surface area contributed by atoms with Crippen LogP contribution in [0.1, 0.15) is 63.8 Å². The summed E-state index contributed by atoms with van der Waals surface area (Å²) in [6, 6.07) is 11.1. The molecule has 0 amide bonds. The second kappa shape index (κ2) is 29.8. The number of alkyl halides is 18. The summed E-state index contributed by atoms with van der Waals surface area (Å²) >= 11 is 1.65. The van der Waals surface area contributed by atoms with Gasteiger partial charge >= 0.3 is 37.1 Å². The van der Waals surface area contributed by atoms with Crippen LogP contribution in [-0.2, 0) is 11.2 Å². The number of aryl methyl sites for hydroxylation is 1. The summed E-state index contributed by atoms with van der Waals surface area (Å²) in [5.74, 6) is 0. The zero-order valence-electron chi connectivity index (χ0n) is 35.3. The minimum Gasteiger partial charge on any atom is -0.384 e. The lowest BCUT2D eigenvalue weighted by molar-refractivity contribution is -0.360. The topological polar surface area (TPSA) is 113 Å². The molecule has 2 rings (SSSR count). The van der Waals surface area contributed by atoms with Crippen LogP contribution < -0.4 is 5.44 Å². The lowest BCUT2D eigenvalue weighted by atomic mass is 9.94. The van der Waals surface area contributed by atoms with Crippen LogP contribution in [0.15, 0.2) is 55.1 Å². The van der Waals surface area contributed by atoms with Gasteiger partial charge in [0.2, 0.25) is 7.98 Å². The van der Waals surface area contributed by atoms with Crippen LogP contribution in [0.2, 0.25) is 1.41 Å². The van der Waals surface area contributed by atoms with Gasteiger partial charge in [0.15, 0.2) is 22.5 Å². The molecule has 0 aliphatic rings. The first-order chi connectivity index (χ1) is 27.5. The minimum atomic E-state index is -5.69. The zero-order valence-corrected chi connectivity index (χ0v) is 35.4. The molecule has 3 atom stereocenters. The van der Waals surface area contributed by atoms with Crippen molar-refractivity contribution in [2.24, 2.45) is 0 Å². The molecule has 0 saturated carbocycles. The van der Waals surface area contributed by atoms with E-state index in [-0.39, 0.29) is 27.5 Å². The lowest BCUT2D eigenvalue weighted by Gasteiger charge is -2.28. The number of nitrogens with one attached hydrogen (secondary N) is 1. The second-order valence-corrected chi connectivity index (χ2v) is 12.3. The van der Waals surface area contributed by atoms with E-state index in [4.69, 9.17) is 18.1 Å². The Morgan fingerprint density at radius 3 is 0.952 bits per heavy atom. The van der Waals surface area contributed by atoms with Crippen molar-refractivity contribution in [3.8, 4) is 0 Å². The highest BCUT2D eigenvalue weighted by Gasteiger charge is 2.67. The van der Waals surface area contributed by atoms with Crippen LogP contribution in [0.3, 0.4) is 0 Å². The predicted octanol–water partition coefficient (Wildman–Crippen LogP) is 9.68. The fourth-order valence-electron chi connectivity index (χ4n) is 2.31. The highest BCUT2D eigenvalue weighted by atomic mass is 127. The van der Waals surface area contributed by atoms with Gasteiger partial charge in [-0.25, -0.2) is 5.44 Å². The average molecular weight is 1080 g/mol. The van der Waals surface area contributed by atoms with Gasteiger partial charge in [-0.3, -0.25) is 9.41 Å². The second-order valence-electron chi connectivity index (χ2n) is 12.3. The van der Waals surface area contributed by atoms with E-state index in [1.54, 1.807) is 29.3 Å². The van der Waals surface area contributed by atoms with Gasteiger partial charge in [0.05, 0.1) is 0 Å². The summed E-state index contributed by atoms with van der Waals surface area (Å²) in [6.45, 7) is 8.48. The van der Waals surface area contributed by atoms with E-state index in [1.165, 1.54) is 54.6 Å². The third-order valence-corrected chi connectivity index (χ3v) is 6.70. The lowest BCUT2D eigenvalue weighted by Crippen LogP contribution is -2.54. The first-order valence-corrected chi connectivity index (χ1v) is 16.4. The fraction of sp³-hybridized carbons (Fsp3) is 0.562. The number of hydrogen-bond donors (Lipinski definition) is 6. The molecule has 2 aromatic carbocycles. The van der Waals surface area contributed by atoms with Gasteiger partial charge in [-0.15, -0.1) is 0 Å².